The maximum Gasteiger partial charge on any atom is 0.416 e. The highest BCUT2D eigenvalue weighted by Gasteiger charge is 2.30. The molecule has 0 unspecified atom stereocenters. The van der Waals surface area contributed by atoms with Crippen LogP contribution in [0.2, 0.25) is 0 Å². The first-order valence-corrected chi connectivity index (χ1v) is 8.42. The van der Waals surface area contributed by atoms with E-state index in [0.29, 0.717) is 29.4 Å². The van der Waals surface area contributed by atoms with Gasteiger partial charge in [-0.15, -0.1) is 23.7 Å². The van der Waals surface area contributed by atoms with Crippen molar-refractivity contribution in [1.29, 1.82) is 0 Å². The second-order valence-corrected chi connectivity index (χ2v) is 6.39. The highest BCUT2D eigenvalue weighted by atomic mass is 35.5. The molecule has 0 saturated carbocycles. The average Bonchev–Trinajstić information content (AvgIpc) is 3.03. The molecule has 1 aromatic carbocycles. The van der Waals surface area contributed by atoms with Crippen LogP contribution in [-0.2, 0) is 17.4 Å². The van der Waals surface area contributed by atoms with Crippen molar-refractivity contribution < 1.29 is 18.0 Å². The summed E-state index contributed by atoms with van der Waals surface area (Å²) < 4.78 is 38.4. The maximum atomic E-state index is 12.8. The molecule has 1 saturated heterocycles. The van der Waals surface area contributed by atoms with Gasteiger partial charge in [-0.3, -0.25) is 4.79 Å². The summed E-state index contributed by atoms with van der Waals surface area (Å²) in [6, 6.07) is 5.08. The number of thiazole rings is 1. The van der Waals surface area contributed by atoms with Gasteiger partial charge in [0.2, 0.25) is 5.91 Å². The van der Waals surface area contributed by atoms with Crippen LogP contribution in [0.1, 0.15) is 11.3 Å². The zero-order valence-electron chi connectivity index (χ0n) is 13.2. The largest absolute Gasteiger partial charge is 0.416 e. The Labute approximate surface area is 153 Å². The van der Waals surface area contributed by atoms with Crippen molar-refractivity contribution in [3.05, 3.63) is 40.9 Å². The molecular formula is C16H17ClF3N3OS. The number of nitrogens with one attached hydrogen (secondary N) is 1. The molecule has 136 valence electrons. The summed E-state index contributed by atoms with van der Waals surface area (Å²) in [6.45, 7) is 2.89. The van der Waals surface area contributed by atoms with E-state index >= 15 is 0 Å². The molecule has 0 aliphatic carbocycles. The van der Waals surface area contributed by atoms with E-state index in [2.05, 4.69) is 10.3 Å². The van der Waals surface area contributed by atoms with E-state index in [-0.39, 0.29) is 24.7 Å². The molecule has 3 rings (SSSR count). The standard InChI is InChI=1S/C16H16F3N3OS.ClH/c17-16(18,19)12-3-1-2-11(8-12)15-21-13(10-24-15)9-14(23)22-6-4-20-5-7-22;/h1-3,8,10,20H,4-7,9H2;1H. The molecule has 0 radical (unpaired) electrons. The number of nitrogens with zero attached hydrogens (tertiary/aromatic N) is 2. The average molecular weight is 392 g/mol. The van der Waals surface area contributed by atoms with Gasteiger partial charge in [-0.25, -0.2) is 4.98 Å². The van der Waals surface area contributed by atoms with Crippen molar-refractivity contribution in [3.8, 4) is 10.6 Å². The molecule has 1 aromatic heterocycles. The van der Waals surface area contributed by atoms with Gasteiger partial charge in [0.15, 0.2) is 0 Å². The lowest BCUT2D eigenvalue weighted by Crippen LogP contribution is -2.46. The van der Waals surface area contributed by atoms with Gasteiger partial charge in [0.1, 0.15) is 5.01 Å². The number of carbonyl (C=O) groups is 1. The Morgan fingerprint density at radius 1 is 1.28 bits per heavy atom. The van der Waals surface area contributed by atoms with Crippen LogP contribution in [0.3, 0.4) is 0 Å². The fourth-order valence-corrected chi connectivity index (χ4v) is 3.35. The number of benzene rings is 1. The molecule has 0 bridgehead atoms. The van der Waals surface area contributed by atoms with Crippen molar-refractivity contribution in [2.24, 2.45) is 0 Å². The summed E-state index contributed by atoms with van der Waals surface area (Å²) in [5.74, 6) is -0.00241. The third-order valence-electron chi connectivity index (χ3n) is 3.79. The van der Waals surface area contributed by atoms with Gasteiger partial charge in [-0.2, -0.15) is 13.2 Å². The van der Waals surface area contributed by atoms with Crippen LogP contribution in [0.25, 0.3) is 10.6 Å². The van der Waals surface area contributed by atoms with Crippen LogP contribution in [0.4, 0.5) is 13.2 Å². The van der Waals surface area contributed by atoms with Crippen LogP contribution in [0, 0.1) is 0 Å². The Hall–Kier alpha value is -1.64. The number of rotatable bonds is 3. The quantitative estimate of drug-likeness (QED) is 0.873. The molecule has 2 heterocycles. The zero-order chi connectivity index (χ0) is 17.2. The fraction of sp³-hybridized carbons (Fsp3) is 0.375. The first kappa shape index (κ1) is 19.7. The van der Waals surface area contributed by atoms with Crippen molar-refractivity contribution in [1.82, 2.24) is 15.2 Å². The van der Waals surface area contributed by atoms with E-state index < -0.39 is 11.7 Å². The van der Waals surface area contributed by atoms with Gasteiger partial charge in [0.25, 0.3) is 0 Å². The Bertz CT molecular complexity index is 729. The van der Waals surface area contributed by atoms with Gasteiger partial charge in [-0.05, 0) is 12.1 Å². The van der Waals surface area contributed by atoms with E-state index in [1.807, 2.05) is 0 Å². The summed E-state index contributed by atoms with van der Waals surface area (Å²) in [6.07, 6.45) is -4.20. The number of aromatic nitrogens is 1. The minimum atomic E-state index is -4.38. The first-order valence-electron chi connectivity index (χ1n) is 7.54. The molecule has 1 amide bonds. The van der Waals surface area contributed by atoms with Crippen LogP contribution < -0.4 is 5.32 Å². The zero-order valence-corrected chi connectivity index (χ0v) is 14.8. The number of hydrogen-bond donors (Lipinski definition) is 1. The Balaban J connectivity index is 0.00000225. The highest BCUT2D eigenvalue weighted by Crippen LogP contribution is 2.33. The van der Waals surface area contributed by atoms with Gasteiger partial charge in [0.05, 0.1) is 17.7 Å². The summed E-state index contributed by atoms with van der Waals surface area (Å²) in [7, 11) is 0. The van der Waals surface area contributed by atoms with Crippen LogP contribution in [-0.4, -0.2) is 42.0 Å². The van der Waals surface area contributed by atoms with Gasteiger partial charge in [0, 0.05) is 37.1 Å². The van der Waals surface area contributed by atoms with E-state index in [1.165, 1.54) is 17.4 Å². The molecule has 2 aromatic rings. The first-order chi connectivity index (χ1) is 11.4. The Morgan fingerprint density at radius 3 is 2.68 bits per heavy atom. The lowest BCUT2D eigenvalue weighted by molar-refractivity contribution is -0.137. The van der Waals surface area contributed by atoms with Gasteiger partial charge in [-0.1, -0.05) is 12.1 Å². The second-order valence-electron chi connectivity index (χ2n) is 5.53. The summed E-state index contributed by atoms with van der Waals surface area (Å²) >= 11 is 1.25. The third kappa shape index (κ3) is 4.93. The van der Waals surface area contributed by atoms with E-state index in [0.717, 1.165) is 25.2 Å². The van der Waals surface area contributed by atoms with Crippen LogP contribution in [0.5, 0.6) is 0 Å². The molecule has 0 atom stereocenters. The number of alkyl halides is 3. The van der Waals surface area contributed by atoms with Crippen molar-refractivity contribution in [2.75, 3.05) is 26.2 Å². The monoisotopic (exact) mass is 391 g/mol. The van der Waals surface area contributed by atoms with Crippen molar-refractivity contribution in [3.63, 3.8) is 0 Å². The summed E-state index contributed by atoms with van der Waals surface area (Å²) in [4.78, 5) is 18.3. The SMILES string of the molecule is Cl.O=C(Cc1csc(-c2cccc(C(F)(F)F)c2)n1)N1CCNCC1. The van der Waals surface area contributed by atoms with Crippen molar-refractivity contribution >= 4 is 29.7 Å². The molecular weight excluding hydrogens is 375 g/mol. The topological polar surface area (TPSA) is 45.2 Å². The Morgan fingerprint density at radius 2 is 2.00 bits per heavy atom. The van der Waals surface area contributed by atoms with Crippen LogP contribution in [0.15, 0.2) is 29.6 Å². The number of carbonyl (C=O) groups excluding carboxylic acids is 1. The predicted molar refractivity (Wildman–Crippen MR) is 93.0 cm³/mol. The van der Waals surface area contributed by atoms with Crippen LogP contribution >= 0.6 is 23.7 Å². The molecule has 25 heavy (non-hydrogen) atoms. The molecule has 4 nitrogen and oxygen atoms in total. The molecule has 0 spiro atoms. The summed E-state index contributed by atoms with van der Waals surface area (Å²) in [5.41, 5.74) is 0.306. The van der Waals surface area contributed by atoms with E-state index in [9.17, 15) is 18.0 Å². The molecule has 1 aliphatic rings. The molecule has 1 fully saturated rings. The fourth-order valence-electron chi connectivity index (χ4n) is 2.53. The second kappa shape index (κ2) is 8.16. The molecule has 1 N–H and O–H groups in total. The lowest BCUT2D eigenvalue weighted by Gasteiger charge is -2.27. The third-order valence-corrected chi connectivity index (χ3v) is 4.73. The minimum absolute atomic E-state index is 0. The summed E-state index contributed by atoms with van der Waals surface area (Å²) in [5, 5.41) is 5.40. The van der Waals surface area contributed by atoms with E-state index in [1.54, 1.807) is 16.3 Å². The van der Waals surface area contributed by atoms with Crippen molar-refractivity contribution in [2.45, 2.75) is 12.6 Å². The highest BCUT2D eigenvalue weighted by molar-refractivity contribution is 7.13. The maximum absolute atomic E-state index is 12.8. The smallest absolute Gasteiger partial charge is 0.340 e. The Kier molecular flexibility index (Phi) is 6.42. The number of hydrogen-bond acceptors (Lipinski definition) is 4. The number of amides is 1. The van der Waals surface area contributed by atoms with Gasteiger partial charge >= 0.3 is 6.18 Å². The van der Waals surface area contributed by atoms with E-state index in [4.69, 9.17) is 0 Å². The minimum Gasteiger partial charge on any atom is -0.340 e. The molecule has 9 heteroatoms. The van der Waals surface area contributed by atoms with Gasteiger partial charge < -0.3 is 10.2 Å². The number of piperazine rings is 1. The molecule has 1 aliphatic heterocycles. The number of halogens is 4. The lowest BCUT2D eigenvalue weighted by atomic mass is 10.1. The normalized spacial score (nSPS) is 14.9. The predicted octanol–water partition coefficient (Wildman–Crippen LogP) is 3.23.